The zero-order valence-corrected chi connectivity index (χ0v) is 10.00. The fourth-order valence-electron chi connectivity index (χ4n) is 1.06. The third-order valence-electron chi connectivity index (χ3n) is 1.67. The summed E-state index contributed by atoms with van der Waals surface area (Å²) in [5, 5.41) is 17.0. The van der Waals surface area contributed by atoms with Crippen molar-refractivity contribution in [2.75, 3.05) is 0 Å². The van der Waals surface area contributed by atoms with Gasteiger partial charge in [-0.25, -0.2) is 4.79 Å². The van der Waals surface area contributed by atoms with E-state index in [9.17, 15) is 9.90 Å². The van der Waals surface area contributed by atoms with Gasteiger partial charge in [0.15, 0.2) is 6.10 Å². The fourth-order valence-corrected chi connectivity index (χ4v) is 1.50. The maximum Gasteiger partial charge on any atom is 0.337 e. The van der Waals surface area contributed by atoms with E-state index in [1.165, 1.54) is 18.2 Å². The minimum Gasteiger partial charge on any atom is -0.479 e. The summed E-state index contributed by atoms with van der Waals surface area (Å²) in [4.78, 5) is 10.6. The molecule has 0 radical (unpaired) electrons. The van der Waals surface area contributed by atoms with Gasteiger partial charge in [-0.05, 0) is 23.8 Å². The number of hydrogen-bond donors (Lipinski definition) is 2. The van der Waals surface area contributed by atoms with Crippen molar-refractivity contribution in [3.8, 4) is 5.75 Å². The van der Waals surface area contributed by atoms with Gasteiger partial charge in [0.25, 0.3) is 0 Å². The standard InChI is InChI=1S/C9H7Cl3O4/c10-5-1-4(7(13)8(14)15)2-6(3-5)16-9(11)12/h1-3,7,9,13H,(H,14,15)/t7-/m0/s1. The van der Waals surface area contributed by atoms with Crippen molar-refractivity contribution in [2.24, 2.45) is 0 Å². The van der Waals surface area contributed by atoms with E-state index in [2.05, 4.69) is 0 Å². The molecular weight excluding hydrogens is 278 g/mol. The van der Waals surface area contributed by atoms with Gasteiger partial charge in [-0.1, -0.05) is 34.8 Å². The van der Waals surface area contributed by atoms with Crippen LogP contribution >= 0.6 is 34.8 Å². The van der Waals surface area contributed by atoms with E-state index in [1.54, 1.807) is 0 Å². The van der Waals surface area contributed by atoms with Crippen LogP contribution in [0.2, 0.25) is 5.02 Å². The van der Waals surface area contributed by atoms with Gasteiger partial charge in [0.2, 0.25) is 5.02 Å². The topological polar surface area (TPSA) is 66.8 Å². The normalized spacial score (nSPS) is 12.6. The molecule has 0 unspecified atom stereocenters. The van der Waals surface area contributed by atoms with Crippen molar-refractivity contribution in [1.29, 1.82) is 0 Å². The second kappa shape index (κ2) is 5.59. The average molecular weight is 286 g/mol. The summed E-state index contributed by atoms with van der Waals surface area (Å²) in [5.74, 6) is -1.21. The fraction of sp³-hybridized carbons (Fsp3) is 0.222. The van der Waals surface area contributed by atoms with Gasteiger partial charge in [0.1, 0.15) is 5.75 Å². The molecule has 1 aromatic rings. The molecule has 1 atom stereocenters. The number of alkyl halides is 2. The van der Waals surface area contributed by atoms with Crippen LogP contribution in [0.25, 0.3) is 0 Å². The van der Waals surface area contributed by atoms with E-state index in [4.69, 9.17) is 44.6 Å². The molecule has 0 aliphatic heterocycles. The number of ether oxygens (including phenoxy) is 1. The summed E-state index contributed by atoms with van der Waals surface area (Å²) in [6.07, 6.45) is -1.68. The molecule has 2 N–H and O–H groups in total. The summed E-state index contributed by atoms with van der Waals surface area (Å²) >= 11 is 16.5. The minimum atomic E-state index is -1.68. The molecule has 0 spiro atoms. The van der Waals surface area contributed by atoms with Gasteiger partial charge < -0.3 is 14.9 Å². The molecule has 0 bridgehead atoms. The number of carboxylic acids is 1. The molecule has 0 heterocycles. The van der Waals surface area contributed by atoms with Crippen LogP contribution < -0.4 is 4.74 Å². The van der Waals surface area contributed by atoms with E-state index in [-0.39, 0.29) is 16.3 Å². The van der Waals surface area contributed by atoms with E-state index in [1.807, 2.05) is 0 Å². The van der Waals surface area contributed by atoms with Crippen molar-refractivity contribution in [2.45, 2.75) is 11.1 Å². The molecule has 0 amide bonds. The lowest BCUT2D eigenvalue weighted by atomic mass is 10.1. The number of hydrogen-bond acceptors (Lipinski definition) is 3. The number of aliphatic hydroxyl groups is 1. The SMILES string of the molecule is O=C(O)[C@@H](O)c1cc(Cl)cc(OC(Cl)Cl)c1. The zero-order valence-electron chi connectivity index (χ0n) is 7.73. The quantitative estimate of drug-likeness (QED) is 0.835. The largest absolute Gasteiger partial charge is 0.479 e. The molecule has 88 valence electrons. The molecule has 16 heavy (non-hydrogen) atoms. The first kappa shape index (κ1) is 13.4. The van der Waals surface area contributed by atoms with Crippen LogP contribution in [0.4, 0.5) is 0 Å². The van der Waals surface area contributed by atoms with Crippen LogP contribution in [0.15, 0.2) is 18.2 Å². The number of benzene rings is 1. The van der Waals surface area contributed by atoms with Crippen molar-refractivity contribution in [3.05, 3.63) is 28.8 Å². The van der Waals surface area contributed by atoms with Gasteiger partial charge in [-0.3, -0.25) is 0 Å². The Labute approximate surface area is 106 Å². The highest BCUT2D eigenvalue weighted by molar-refractivity contribution is 6.43. The lowest BCUT2D eigenvalue weighted by Gasteiger charge is -2.11. The zero-order chi connectivity index (χ0) is 12.3. The molecule has 0 aromatic heterocycles. The smallest absolute Gasteiger partial charge is 0.337 e. The Morgan fingerprint density at radius 2 is 1.94 bits per heavy atom. The van der Waals surface area contributed by atoms with Gasteiger partial charge in [0.05, 0.1) is 0 Å². The maximum atomic E-state index is 10.6. The first-order valence-corrected chi connectivity index (χ1v) is 5.31. The van der Waals surface area contributed by atoms with Crippen molar-refractivity contribution in [1.82, 2.24) is 0 Å². The van der Waals surface area contributed by atoms with Crippen LogP contribution in [0.3, 0.4) is 0 Å². The molecule has 0 saturated carbocycles. The monoisotopic (exact) mass is 284 g/mol. The second-order valence-corrected chi connectivity index (χ2v) is 4.29. The predicted molar refractivity (Wildman–Crippen MR) is 60.2 cm³/mol. The summed E-state index contributed by atoms with van der Waals surface area (Å²) in [6, 6.07) is 4.00. The minimum absolute atomic E-state index is 0.0870. The summed E-state index contributed by atoms with van der Waals surface area (Å²) < 4.78 is 4.91. The predicted octanol–water partition coefficient (Wildman–Crippen LogP) is 2.60. The average Bonchev–Trinajstić information content (AvgIpc) is 2.14. The highest BCUT2D eigenvalue weighted by Crippen LogP contribution is 2.26. The first-order valence-electron chi connectivity index (χ1n) is 4.06. The number of carbonyl (C=O) groups is 1. The van der Waals surface area contributed by atoms with E-state index >= 15 is 0 Å². The van der Waals surface area contributed by atoms with Crippen molar-refractivity contribution < 1.29 is 19.7 Å². The van der Waals surface area contributed by atoms with E-state index in [0.29, 0.717) is 0 Å². The molecule has 0 saturated heterocycles. The maximum absolute atomic E-state index is 10.6. The van der Waals surface area contributed by atoms with E-state index < -0.39 is 17.1 Å². The molecular formula is C9H7Cl3O4. The van der Waals surface area contributed by atoms with Crippen molar-refractivity contribution >= 4 is 40.8 Å². The number of aliphatic hydroxyl groups excluding tert-OH is 1. The molecule has 1 rings (SSSR count). The highest BCUT2D eigenvalue weighted by atomic mass is 35.5. The van der Waals surface area contributed by atoms with Gasteiger partial charge >= 0.3 is 5.97 Å². The Morgan fingerprint density at radius 1 is 1.31 bits per heavy atom. The van der Waals surface area contributed by atoms with Gasteiger partial charge in [0, 0.05) is 5.02 Å². The first-order chi connectivity index (χ1) is 7.40. The lowest BCUT2D eigenvalue weighted by molar-refractivity contribution is -0.146. The Morgan fingerprint density at radius 3 is 2.44 bits per heavy atom. The highest BCUT2D eigenvalue weighted by Gasteiger charge is 2.17. The second-order valence-electron chi connectivity index (χ2n) is 2.84. The Bertz CT molecular complexity index is 394. The molecule has 7 heteroatoms. The summed E-state index contributed by atoms with van der Waals surface area (Å²) in [6.45, 7) is 0. The van der Waals surface area contributed by atoms with E-state index in [0.717, 1.165) is 0 Å². The molecule has 0 aliphatic carbocycles. The summed E-state index contributed by atoms with van der Waals surface area (Å²) in [7, 11) is 0. The molecule has 0 aliphatic rings. The molecule has 4 nitrogen and oxygen atoms in total. The summed E-state index contributed by atoms with van der Waals surface area (Å²) in [5.41, 5.74) is 0.0870. The van der Waals surface area contributed by atoms with Gasteiger partial charge in [-0.15, -0.1) is 0 Å². The number of aliphatic carboxylic acids is 1. The van der Waals surface area contributed by atoms with Crippen LogP contribution in [-0.4, -0.2) is 21.2 Å². The number of carboxylic acid groups (broad SMARTS) is 1. The van der Waals surface area contributed by atoms with Crippen molar-refractivity contribution in [3.63, 3.8) is 0 Å². The molecule has 1 aromatic carbocycles. The third-order valence-corrected chi connectivity index (χ3v) is 2.06. The van der Waals surface area contributed by atoms with Crippen LogP contribution in [0.1, 0.15) is 11.7 Å². The Hall–Kier alpha value is -0.680. The Kier molecular flexibility index (Phi) is 4.68. The lowest BCUT2D eigenvalue weighted by Crippen LogP contribution is -2.11. The molecule has 0 fully saturated rings. The third kappa shape index (κ3) is 3.72. The van der Waals surface area contributed by atoms with Crippen LogP contribution in [-0.2, 0) is 4.79 Å². The number of halogens is 3. The van der Waals surface area contributed by atoms with Crippen LogP contribution in [0.5, 0.6) is 5.75 Å². The number of rotatable bonds is 4. The van der Waals surface area contributed by atoms with Crippen LogP contribution in [0, 0.1) is 0 Å². The Balaban J connectivity index is 3.02. The van der Waals surface area contributed by atoms with Gasteiger partial charge in [-0.2, -0.15) is 0 Å².